The number of benzene rings is 1. The maximum absolute atomic E-state index is 10.5. The summed E-state index contributed by atoms with van der Waals surface area (Å²) >= 11 is 0. The summed E-state index contributed by atoms with van der Waals surface area (Å²) < 4.78 is 10.4. The number of hydrogen-bond donors (Lipinski definition) is 2. The van der Waals surface area contributed by atoms with Crippen molar-refractivity contribution in [1.82, 2.24) is 10.2 Å². The third-order valence-corrected chi connectivity index (χ3v) is 2.64. The Balaban J connectivity index is 2.55. The summed E-state index contributed by atoms with van der Waals surface area (Å²) in [5, 5.41) is 11.9. The fraction of sp³-hybridized carbons (Fsp3) is 0.500. The van der Waals surface area contributed by atoms with Crippen LogP contribution in [0.3, 0.4) is 0 Å². The quantitative estimate of drug-likeness (QED) is 0.653. The third kappa shape index (κ3) is 5.90. The van der Waals surface area contributed by atoms with Crippen LogP contribution < -0.4 is 14.8 Å². The first-order valence-corrected chi connectivity index (χ1v) is 6.40. The van der Waals surface area contributed by atoms with Crippen molar-refractivity contribution in [2.75, 3.05) is 40.9 Å². The molecule has 2 N–H and O–H groups in total. The highest BCUT2D eigenvalue weighted by Crippen LogP contribution is 2.27. The topological polar surface area (TPSA) is 71.0 Å². The number of ether oxygens (including phenoxy) is 2. The Morgan fingerprint density at radius 3 is 2.70 bits per heavy atom. The molecule has 0 saturated heterocycles. The Morgan fingerprint density at radius 2 is 2.10 bits per heavy atom. The molecule has 112 valence electrons. The maximum atomic E-state index is 10.5. The minimum atomic E-state index is -1.01. The van der Waals surface area contributed by atoms with Crippen molar-refractivity contribution >= 4 is 5.97 Å². The molecule has 0 fully saturated rings. The minimum Gasteiger partial charge on any atom is -0.493 e. The van der Waals surface area contributed by atoms with Gasteiger partial charge in [-0.15, -0.1) is 0 Å². The van der Waals surface area contributed by atoms with Gasteiger partial charge in [-0.05, 0) is 31.8 Å². The van der Waals surface area contributed by atoms with Gasteiger partial charge >= 0.3 is 5.97 Å². The molecular weight excluding hydrogens is 260 g/mol. The Kier molecular flexibility index (Phi) is 6.83. The molecule has 0 atom stereocenters. The van der Waals surface area contributed by atoms with Crippen LogP contribution in [-0.4, -0.2) is 56.9 Å². The average Bonchev–Trinajstić information content (AvgIpc) is 2.41. The van der Waals surface area contributed by atoms with E-state index in [9.17, 15) is 4.79 Å². The molecule has 0 radical (unpaired) electrons. The van der Waals surface area contributed by atoms with E-state index in [1.165, 1.54) is 7.11 Å². The van der Waals surface area contributed by atoms with E-state index in [0.29, 0.717) is 11.5 Å². The van der Waals surface area contributed by atoms with Gasteiger partial charge in [0.05, 0.1) is 7.11 Å². The number of carboxylic acids is 1. The molecule has 1 aromatic carbocycles. The van der Waals surface area contributed by atoms with Crippen LogP contribution in [0, 0.1) is 0 Å². The van der Waals surface area contributed by atoms with Gasteiger partial charge in [0.15, 0.2) is 18.1 Å². The summed E-state index contributed by atoms with van der Waals surface area (Å²) in [7, 11) is 5.59. The second-order valence-electron chi connectivity index (χ2n) is 4.65. The van der Waals surface area contributed by atoms with Crippen LogP contribution in [0.1, 0.15) is 5.56 Å². The van der Waals surface area contributed by atoms with Gasteiger partial charge in [-0.2, -0.15) is 0 Å². The average molecular weight is 282 g/mol. The number of likely N-dealkylation sites (N-methyl/N-ethyl adjacent to an activating group) is 1. The molecule has 0 amide bonds. The lowest BCUT2D eigenvalue weighted by Crippen LogP contribution is -2.26. The highest BCUT2D eigenvalue weighted by atomic mass is 16.5. The van der Waals surface area contributed by atoms with E-state index in [0.717, 1.165) is 25.2 Å². The van der Waals surface area contributed by atoms with Crippen molar-refractivity contribution in [3.63, 3.8) is 0 Å². The first kappa shape index (κ1) is 16.3. The minimum absolute atomic E-state index is 0.378. The van der Waals surface area contributed by atoms with Gasteiger partial charge in [0.1, 0.15) is 0 Å². The summed E-state index contributed by atoms with van der Waals surface area (Å²) in [5.74, 6) is -0.0356. The van der Waals surface area contributed by atoms with Crippen LogP contribution >= 0.6 is 0 Å². The fourth-order valence-corrected chi connectivity index (χ4v) is 1.62. The Bertz CT molecular complexity index is 435. The molecular formula is C14H22N2O4. The molecule has 6 nitrogen and oxygen atoms in total. The van der Waals surface area contributed by atoms with Crippen LogP contribution in [0.25, 0.3) is 0 Å². The molecule has 0 aliphatic heterocycles. The molecule has 0 aliphatic rings. The first-order valence-electron chi connectivity index (χ1n) is 6.40. The zero-order valence-electron chi connectivity index (χ0n) is 12.2. The number of hydrogen-bond acceptors (Lipinski definition) is 5. The fourth-order valence-electron chi connectivity index (χ4n) is 1.62. The summed E-state index contributed by atoms with van der Waals surface area (Å²) in [5.41, 5.74) is 1.06. The molecule has 0 heterocycles. The van der Waals surface area contributed by atoms with Gasteiger partial charge in [0.25, 0.3) is 0 Å². The molecule has 0 aromatic heterocycles. The Hall–Kier alpha value is -1.79. The number of aliphatic carboxylic acids is 1. The summed E-state index contributed by atoms with van der Waals surface area (Å²) in [6.07, 6.45) is 0. The SMILES string of the molecule is COc1cc(CNCCN(C)C)ccc1OCC(=O)O. The highest BCUT2D eigenvalue weighted by molar-refractivity contribution is 5.68. The molecule has 0 bridgehead atoms. The number of carboxylic acid groups (broad SMARTS) is 1. The molecule has 6 heteroatoms. The molecule has 0 spiro atoms. The number of nitrogens with zero attached hydrogens (tertiary/aromatic N) is 1. The molecule has 0 aliphatic carbocycles. The summed E-state index contributed by atoms with van der Waals surface area (Å²) in [6, 6.07) is 5.47. The monoisotopic (exact) mass is 282 g/mol. The van der Waals surface area contributed by atoms with E-state index in [1.807, 2.05) is 26.2 Å². The van der Waals surface area contributed by atoms with Crippen molar-refractivity contribution in [3.05, 3.63) is 23.8 Å². The lowest BCUT2D eigenvalue weighted by atomic mass is 10.2. The van der Waals surface area contributed by atoms with Crippen molar-refractivity contribution < 1.29 is 19.4 Å². The van der Waals surface area contributed by atoms with Crippen molar-refractivity contribution in [1.29, 1.82) is 0 Å². The second-order valence-corrected chi connectivity index (χ2v) is 4.65. The zero-order chi connectivity index (χ0) is 15.0. The van der Waals surface area contributed by atoms with E-state index in [1.54, 1.807) is 6.07 Å². The standard InChI is InChI=1S/C14H22N2O4/c1-16(2)7-6-15-9-11-4-5-12(13(8-11)19-3)20-10-14(17)18/h4-5,8,15H,6-7,9-10H2,1-3H3,(H,17,18). The van der Waals surface area contributed by atoms with Gasteiger partial charge in [0.2, 0.25) is 0 Å². The van der Waals surface area contributed by atoms with Gasteiger partial charge in [0, 0.05) is 19.6 Å². The van der Waals surface area contributed by atoms with E-state index in [4.69, 9.17) is 14.6 Å². The number of rotatable bonds is 9. The smallest absolute Gasteiger partial charge is 0.341 e. The van der Waals surface area contributed by atoms with E-state index in [-0.39, 0.29) is 6.61 Å². The lowest BCUT2D eigenvalue weighted by molar-refractivity contribution is -0.139. The van der Waals surface area contributed by atoms with Gasteiger partial charge in [-0.25, -0.2) is 4.79 Å². The van der Waals surface area contributed by atoms with Crippen LogP contribution in [0.4, 0.5) is 0 Å². The van der Waals surface area contributed by atoms with Crippen molar-refractivity contribution in [2.24, 2.45) is 0 Å². The van der Waals surface area contributed by atoms with Crippen LogP contribution in [0.5, 0.6) is 11.5 Å². The maximum Gasteiger partial charge on any atom is 0.341 e. The number of methoxy groups -OCH3 is 1. The third-order valence-electron chi connectivity index (χ3n) is 2.64. The Labute approximate surface area is 119 Å². The van der Waals surface area contributed by atoms with Crippen molar-refractivity contribution in [3.8, 4) is 11.5 Å². The molecule has 20 heavy (non-hydrogen) atoms. The van der Waals surface area contributed by atoms with Crippen molar-refractivity contribution in [2.45, 2.75) is 6.54 Å². The van der Waals surface area contributed by atoms with Crippen LogP contribution in [0.2, 0.25) is 0 Å². The summed E-state index contributed by atoms with van der Waals surface area (Å²) in [4.78, 5) is 12.6. The normalized spacial score (nSPS) is 10.6. The Morgan fingerprint density at radius 1 is 1.35 bits per heavy atom. The second kappa shape index (κ2) is 8.39. The largest absolute Gasteiger partial charge is 0.493 e. The van der Waals surface area contributed by atoms with Crippen LogP contribution in [-0.2, 0) is 11.3 Å². The zero-order valence-corrected chi connectivity index (χ0v) is 12.2. The molecule has 1 rings (SSSR count). The predicted octanol–water partition coefficient (Wildman–Crippen LogP) is 0.810. The van der Waals surface area contributed by atoms with Gasteiger partial charge in [-0.1, -0.05) is 6.07 Å². The van der Waals surface area contributed by atoms with Crippen LogP contribution in [0.15, 0.2) is 18.2 Å². The number of carbonyl (C=O) groups is 1. The van der Waals surface area contributed by atoms with Gasteiger partial charge < -0.3 is 24.8 Å². The van der Waals surface area contributed by atoms with E-state index < -0.39 is 5.97 Å². The molecule has 0 unspecified atom stereocenters. The first-order chi connectivity index (χ1) is 9.52. The highest BCUT2D eigenvalue weighted by Gasteiger charge is 2.07. The van der Waals surface area contributed by atoms with E-state index >= 15 is 0 Å². The predicted molar refractivity (Wildman–Crippen MR) is 76.4 cm³/mol. The lowest BCUT2D eigenvalue weighted by Gasteiger charge is -2.13. The number of nitrogens with one attached hydrogen (secondary N) is 1. The van der Waals surface area contributed by atoms with E-state index in [2.05, 4.69) is 10.2 Å². The molecule has 1 aromatic rings. The summed E-state index contributed by atoms with van der Waals surface area (Å²) in [6.45, 7) is 2.21. The molecule has 0 saturated carbocycles. The van der Waals surface area contributed by atoms with Gasteiger partial charge in [-0.3, -0.25) is 0 Å².